The maximum absolute atomic E-state index is 5.10. The average molecular weight is 661 g/mol. The topological polar surface area (TPSA) is 35.6 Å². The van der Waals surface area contributed by atoms with E-state index in [1.54, 1.807) is 0 Å². The quantitative estimate of drug-likeness (QED) is 0.189. The van der Waals surface area contributed by atoms with Gasteiger partial charge in [-0.15, -0.1) is 0 Å². The molecule has 0 aliphatic heterocycles. The zero-order valence-electron chi connectivity index (χ0n) is 28.0. The standard InChI is InChI=1S/C48H28N4/c1-2-11-33(12-3-1)51-43-19-17-32(27-39(43)40-25-29-9-4-5-10-30(29)28-45(40)51)31-18-20-44-38(26-31)34-13-6-7-16-42(34)52(44)48-47-36(21-24-50-48)35-14-8-15-41-46(35)37(47)22-23-49-41/h1-28H. The summed E-state index contributed by atoms with van der Waals surface area (Å²) >= 11 is 0. The van der Waals surface area contributed by atoms with Crippen LogP contribution in [0.25, 0.3) is 110 Å². The molecule has 1 aliphatic carbocycles. The van der Waals surface area contributed by atoms with Crippen LogP contribution in [-0.4, -0.2) is 19.1 Å². The third-order valence-corrected chi connectivity index (χ3v) is 11.1. The summed E-state index contributed by atoms with van der Waals surface area (Å²) in [5, 5.41) is 8.62. The Morgan fingerprint density at radius 3 is 1.88 bits per heavy atom. The first-order chi connectivity index (χ1) is 25.8. The van der Waals surface area contributed by atoms with Crippen LogP contribution in [0.2, 0.25) is 0 Å². The molecule has 0 bridgehead atoms. The first kappa shape index (κ1) is 27.7. The molecule has 0 unspecified atom stereocenters. The van der Waals surface area contributed by atoms with Gasteiger partial charge >= 0.3 is 0 Å². The summed E-state index contributed by atoms with van der Waals surface area (Å²) in [5.74, 6) is 0.947. The zero-order valence-corrected chi connectivity index (χ0v) is 28.0. The van der Waals surface area contributed by atoms with E-state index in [1.807, 2.05) is 12.4 Å². The number of aromatic nitrogens is 4. The second-order valence-electron chi connectivity index (χ2n) is 13.8. The Hall–Kier alpha value is -7.04. The van der Waals surface area contributed by atoms with Crippen LogP contribution in [0.5, 0.6) is 0 Å². The van der Waals surface area contributed by atoms with Crippen LogP contribution < -0.4 is 0 Å². The third kappa shape index (κ3) is 3.70. The van der Waals surface area contributed by atoms with Crippen molar-refractivity contribution in [2.24, 2.45) is 0 Å². The molecule has 0 radical (unpaired) electrons. The second-order valence-corrected chi connectivity index (χ2v) is 13.8. The number of benzene rings is 7. The fourth-order valence-electron chi connectivity index (χ4n) is 8.87. The molecule has 0 amide bonds. The highest BCUT2D eigenvalue weighted by molar-refractivity contribution is 6.18. The van der Waals surface area contributed by atoms with Gasteiger partial charge in [-0.2, -0.15) is 0 Å². The minimum atomic E-state index is 0.947. The van der Waals surface area contributed by atoms with E-state index in [-0.39, 0.29) is 0 Å². The molecule has 7 aromatic carbocycles. The van der Waals surface area contributed by atoms with Crippen molar-refractivity contribution >= 4 is 65.3 Å². The fourth-order valence-corrected chi connectivity index (χ4v) is 8.87. The molecular weight excluding hydrogens is 633 g/mol. The van der Waals surface area contributed by atoms with Crippen LogP contribution in [0.3, 0.4) is 0 Å². The molecule has 4 heterocycles. The molecule has 1 aliphatic rings. The molecule has 0 N–H and O–H groups in total. The SMILES string of the molecule is c1ccc(-n2c3ccc(-c4ccc5c(c4)c4ccccc4n5-c4nccc5c4-c4ccnc6cccc-5c46)cc3c3cc4ccccc4cc32)cc1. The van der Waals surface area contributed by atoms with E-state index in [0.717, 1.165) is 33.6 Å². The monoisotopic (exact) mass is 660 g/mol. The van der Waals surface area contributed by atoms with Crippen LogP contribution in [-0.2, 0) is 0 Å². The van der Waals surface area contributed by atoms with Crippen LogP contribution in [0.15, 0.2) is 170 Å². The lowest BCUT2D eigenvalue weighted by molar-refractivity contribution is 1.09. The number of rotatable bonds is 3. The molecule has 4 nitrogen and oxygen atoms in total. The van der Waals surface area contributed by atoms with Crippen LogP contribution in [0.1, 0.15) is 0 Å². The second kappa shape index (κ2) is 10.3. The van der Waals surface area contributed by atoms with Crippen molar-refractivity contribution in [2.75, 3.05) is 0 Å². The van der Waals surface area contributed by atoms with Gasteiger partial charge < -0.3 is 4.57 Å². The number of pyridine rings is 2. The number of para-hydroxylation sites is 2. The molecule has 0 atom stereocenters. The van der Waals surface area contributed by atoms with Gasteiger partial charge in [-0.3, -0.25) is 9.55 Å². The molecule has 0 spiro atoms. The van der Waals surface area contributed by atoms with Crippen molar-refractivity contribution in [1.82, 2.24) is 19.1 Å². The molecule has 0 saturated carbocycles. The Kier molecular flexibility index (Phi) is 5.47. The molecule has 4 heteroatoms. The third-order valence-electron chi connectivity index (χ3n) is 11.1. The van der Waals surface area contributed by atoms with Gasteiger partial charge in [0.15, 0.2) is 0 Å². The summed E-state index contributed by atoms with van der Waals surface area (Å²) in [7, 11) is 0. The summed E-state index contributed by atoms with van der Waals surface area (Å²) in [6.45, 7) is 0. The number of fused-ring (bicyclic) bond motifs is 10. The Morgan fingerprint density at radius 2 is 1.04 bits per heavy atom. The highest BCUT2D eigenvalue weighted by Gasteiger charge is 2.27. The molecule has 52 heavy (non-hydrogen) atoms. The normalized spacial score (nSPS) is 12.2. The van der Waals surface area contributed by atoms with E-state index in [2.05, 4.69) is 167 Å². The van der Waals surface area contributed by atoms with E-state index in [0.29, 0.717) is 0 Å². The van der Waals surface area contributed by atoms with Gasteiger partial charge in [0, 0.05) is 50.6 Å². The molecule has 11 aromatic rings. The Labute approximate surface area is 298 Å². The van der Waals surface area contributed by atoms with Gasteiger partial charge in [0.05, 0.1) is 27.6 Å². The van der Waals surface area contributed by atoms with E-state index in [4.69, 9.17) is 9.97 Å². The maximum atomic E-state index is 5.10. The number of hydrogen-bond donors (Lipinski definition) is 0. The van der Waals surface area contributed by atoms with E-state index in [9.17, 15) is 0 Å². The molecule has 4 aromatic heterocycles. The van der Waals surface area contributed by atoms with Crippen molar-refractivity contribution in [3.05, 3.63) is 170 Å². The highest BCUT2D eigenvalue weighted by Crippen LogP contribution is 2.49. The van der Waals surface area contributed by atoms with Crippen molar-refractivity contribution in [2.45, 2.75) is 0 Å². The van der Waals surface area contributed by atoms with Gasteiger partial charge in [-0.1, -0.05) is 84.9 Å². The molecule has 0 fully saturated rings. The van der Waals surface area contributed by atoms with E-state index >= 15 is 0 Å². The Bertz CT molecular complexity index is 3290. The van der Waals surface area contributed by atoms with Crippen LogP contribution in [0.4, 0.5) is 0 Å². The molecule has 12 rings (SSSR count). The Balaban J connectivity index is 1.09. The molecule has 0 saturated heterocycles. The molecule has 240 valence electrons. The lowest BCUT2D eigenvalue weighted by atomic mass is 10.00. The lowest BCUT2D eigenvalue weighted by Gasteiger charge is -2.13. The fraction of sp³-hybridized carbons (Fsp3) is 0. The Morgan fingerprint density at radius 1 is 0.385 bits per heavy atom. The minimum absolute atomic E-state index is 0.947. The van der Waals surface area contributed by atoms with Gasteiger partial charge in [-0.05, 0) is 111 Å². The predicted octanol–water partition coefficient (Wildman–Crippen LogP) is 12.3. The zero-order chi connectivity index (χ0) is 33.9. The van der Waals surface area contributed by atoms with Gasteiger partial charge in [0.1, 0.15) is 5.82 Å². The predicted molar refractivity (Wildman–Crippen MR) is 216 cm³/mol. The van der Waals surface area contributed by atoms with Crippen molar-refractivity contribution in [3.8, 4) is 44.9 Å². The van der Waals surface area contributed by atoms with Gasteiger partial charge in [0.2, 0.25) is 0 Å². The van der Waals surface area contributed by atoms with Crippen LogP contribution >= 0.6 is 0 Å². The highest BCUT2D eigenvalue weighted by atomic mass is 15.1. The summed E-state index contributed by atoms with van der Waals surface area (Å²) in [6, 6.07) is 57.3. The first-order valence-corrected chi connectivity index (χ1v) is 17.7. The minimum Gasteiger partial charge on any atom is -0.309 e. The summed E-state index contributed by atoms with van der Waals surface area (Å²) < 4.78 is 4.76. The van der Waals surface area contributed by atoms with E-state index < -0.39 is 0 Å². The summed E-state index contributed by atoms with van der Waals surface area (Å²) in [5.41, 5.74) is 14.0. The van der Waals surface area contributed by atoms with Crippen molar-refractivity contribution < 1.29 is 0 Å². The number of hydrogen-bond acceptors (Lipinski definition) is 2. The molecular formula is C48H28N4. The smallest absolute Gasteiger partial charge is 0.146 e. The van der Waals surface area contributed by atoms with Crippen molar-refractivity contribution in [3.63, 3.8) is 0 Å². The first-order valence-electron chi connectivity index (χ1n) is 17.7. The summed E-state index contributed by atoms with van der Waals surface area (Å²) in [4.78, 5) is 9.79. The average Bonchev–Trinajstić information content (AvgIpc) is 3.83. The van der Waals surface area contributed by atoms with E-state index in [1.165, 1.54) is 76.6 Å². The van der Waals surface area contributed by atoms with Gasteiger partial charge in [0.25, 0.3) is 0 Å². The maximum Gasteiger partial charge on any atom is 0.146 e. The largest absolute Gasteiger partial charge is 0.309 e. The van der Waals surface area contributed by atoms with Gasteiger partial charge in [-0.25, -0.2) is 4.98 Å². The summed E-state index contributed by atoms with van der Waals surface area (Å²) in [6.07, 6.45) is 3.87. The van der Waals surface area contributed by atoms with Crippen molar-refractivity contribution in [1.29, 1.82) is 0 Å². The lowest BCUT2D eigenvalue weighted by Crippen LogP contribution is -2.00. The van der Waals surface area contributed by atoms with Crippen LogP contribution in [0, 0.1) is 0 Å². The number of nitrogens with zero attached hydrogens (tertiary/aromatic N) is 4.